The molecule has 3 aromatic rings. The van der Waals surface area contributed by atoms with Crippen molar-refractivity contribution in [3.8, 4) is 17.0 Å². The Morgan fingerprint density at radius 3 is 2.83 bits per heavy atom. The summed E-state index contributed by atoms with van der Waals surface area (Å²) in [7, 11) is 1.63. The lowest BCUT2D eigenvalue weighted by Gasteiger charge is -2.09. The Bertz CT molecular complexity index is 822. The number of para-hydroxylation sites is 1. The average molecular weight is 325 g/mol. The van der Waals surface area contributed by atoms with E-state index in [1.54, 1.807) is 30.2 Å². The highest BCUT2D eigenvalue weighted by molar-refractivity contribution is 5.93. The summed E-state index contributed by atoms with van der Waals surface area (Å²) < 4.78 is 12.4. The van der Waals surface area contributed by atoms with Gasteiger partial charge in [-0.3, -0.25) is 9.48 Å². The molecule has 2 heterocycles. The first kappa shape index (κ1) is 15.9. The summed E-state index contributed by atoms with van der Waals surface area (Å²) in [6.45, 7) is 2.96. The molecular weight excluding hydrogens is 306 g/mol. The Labute approximate surface area is 140 Å². The number of aryl methyl sites for hydroxylation is 1. The largest absolute Gasteiger partial charge is 0.496 e. The number of methoxy groups -OCH3 is 1. The number of nitrogens with zero attached hydrogens (tertiary/aromatic N) is 2. The molecule has 6 nitrogen and oxygen atoms in total. The van der Waals surface area contributed by atoms with E-state index in [2.05, 4.69) is 10.4 Å². The van der Waals surface area contributed by atoms with Crippen LogP contribution in [0.3, 0.4) is 0 Å². The van der Waals surface area contributed by atoms with Crippen molar-refractivity contribution in [1.29, 1.82) is 0 Å². The van der Waals surface area contributed by atoms with E-state index >= 15 is 0 Å². The smallest absolute Gasteiger partial charge is 0.272 e. The van der Waals surface area contributed by atoms with E-state index in [1.807, 2.05) is 37.3 Å². The van der Waals surface area contributed by atoms with Gasteiger partial charge >= 0.3 is 0 Å². The monoisotopic (exact) mass is 325 g/mol. The minimum absolute atomic E-state index is 0.241. The summed E-state index contributed by atoms with van der Waals surface area (Å²) in [5.74, 6) is 1.20. The number of carbonyl (C=O) groups excluding carboxylic acids is 1. The van der Waals surface area contributed by atoms with Crippen molar-refractivity contribution in [2.75, 3.05) is 7.11 Å². The van der Waals surface area contributed by atoms with Gasteiger partial charge in [-0.05, 0) is 37.3 Å². The molecule has 0 radical (unpaired) electrons. The van der Waals surface area contributed by atoms with Crippen LogP contribution in [0.2, 0.25) is 0 Å². The van der Waals surface area contributed by atoms with Crippen LogP contribution < -0.4 is 10.1 Å². The number of carbonyl (C=O) groups is 1. The van der Waals surface area contributed by atoms with Crippen LogP contribution in [0.25, 0.3) is 11.3 Å². The highest BCUT2D eigenvalue weighted by Gasteiger charge is 2.17. The van der Waals surface area contributed by atoms with Crippen molar-refractivity contribution in [2.24, 2.45) is 0 Å². The maximum absolute atomic E-state index is 12.3. The fraction of sp³-hybridized carbons (Fsp3) is 0.222. The zero-order valence-electron chi connectivity index (χ0n) is 13.7. The van der Waals surface area contributed by atoms with Crippen LogP contribution in [0.1, 0.15) is 23.2 Å². The third kappa shape index (κ3) is 3.17. The van der Waals surface area contributed by atoms with Gasteiger partial charge in [0.1, 0.15) is 11.5 Å². The zero-order valence-corrected chi connectivity index (χ0v) is 13.7. The van der Waals surface area contributed by atoms with Crippen LogP contribution in [0.15, 0.2) is 53.1 Å². The number of rotatable bonds is 6. The third-order valence-corrected chi connectivity index (χ3v) is 3.70. The second kappa shape index (κ2) is 7.04. The zero-order chi connectivity index (χ0) is 16.9. The lowest BCUT2D eigenvalue weighted by Crippen LogP contribution is -2.23. The molecule has 1 N–H and O–H groups in total. The van der Waals surface area contributed by atoms with Gasteiger partial charge in [0.05, 0.1) is 25.6 Å². The molecule has 0 saturated heterocycles. The standard InChI is InChI=1S/C18H19N3O3/c1-3-21-16(14-8-4-5-9-17(14)23-2)11-15(20-21)18(22)19-12-13-7-6-10-24-13/h4-11H,3,12H2,1-2H3,(H,19,22). The topological polar surface area (TPSA) is 69.3 Å². The number of aromatic nitrogens is 2. The summed E-state index contributed by atoms with van der Waals surface area (Å²) in [6, 6.07) is 13.1. The summed E-state index contributed by atoms with van der Waals surface area (Å²) in [5, 5.41) is 7.21. The average Bonchev–Trinajstić information content (AvgIpc) is 3.29. The number of nitrogens with one attached hydrogen (secondary N) is 1. The van der Waals surface area contributed by atoms with Crippen molar-refractivity contribution in [3.63, 3.8) is 0 Å². The van der Waals surface area contributed by atoms with Crippen LogP contribution in [-0.4, -0.2) is 22.8 Å². The van der Waals surface area contributed by atoms with Gasteiger partial charge in [-0.1, -0.05) is 12.1 Å². The first-order chi connectivity index (χ1) is 11.7. The molecule has 0 aliphatic rings. The maximum atomic E-state index is 12.3. The van der Waals surface area contributed by atoms with Crippen molar-refractivity contribution in [1.82, 2.24) is 15.1 Å². The fourth-order valence-electron chi connectivity index (χ4n) is 2.51. The van der Waals surface area contributed by atoms with Crippen LogP contribution in [-0.2, 0) is 13.1 Å². The van der Waals surface area contributed by atoms with Gasteiger partial charge in [0, 0.05) is 12.1 Å². The first-order valence-electron chi connectivity index (χ1n) is 7.74. The van der Waals surface area contributed by atoms with Gasteiger partial charge in [-0.15, -0.1) is 0 Å². The van der Waals surface area contributed by atoms with Gasteiger partial charge in [0.2, 0.25) is 0 Å². The predicted molar refractivity (Wildman–Crippen MR) is 89.8 cm³/mol. The highest BCUT2D eigenvalue weighted by Crippen LogP contribution is 2.30. The number of ether oxygens (including phenoxy) is 1. The third-order valence-electron chi connectivity index (χ3n) is 3.70. The van der Waals surface area contributed by atoms with Gasteiger partial charge in [0.15, 0.2) is 5.69 Å². The molecule has 6 heteroatoms. The van der Waals surface area contributed by atoms with Crippen LogP contribution in [0, 0.1) is 0 Å². The number of hydrogen-bond acceptors (Lipinski definition) is 4. The second-order valence-electron chi connectivity index (χ2n) is 5.19. The SMILES string of the molecule is CCn1nc(C(=O)NCc2ccco2)cc1-c1ccccc1OC. The lowest BCUT2D eigenvalue weighted by molar-refractivity contribution is 0.0942. The van der Waals surface area contributed by atoms with Crippen LogP contribution in [0.4, 0.5) is 0 Å². The van der Waals surface area contributed by atoms with E-state index in [4.69, 9.17) is 9.15 Å². The lowest BCUT2D eigenvalue weighted by atomic mass is 10.1. The van der Waals surface area contributed by atoms with Gasteiger partial charge in [-0.25, -0.2) is 0 Å². The number of benzene rings is 1. The molecule has 124 valence electrons. The molecule has 3 rings (SSSR count). The number of furan rings is 1. The molecule has 0 bridgehead atoms. The highest BCUT2D eigenvalue weighted by atomic mass is 16.5. The summed E-state index contributed by atoms with van der Waals surface area (Å²) in [4.78, 5) is 12.3. The Morgan fingerprint density at radius 1 is 1.29 bits per heavy atom. The van der Waals surface area contributed by atoms with E-state index in [-0.39, 0.29) is 5.91 Å². The fourth-order valence-corrected chi connectivity index (χ4v) is 2.51. The molecule has 0 atom stereocenters. The van der Waals surface area contributed by atoms with Crippen LogP contribution in [0.5, 0.6) is 5.75 Å². The molecule has 1 aromatic carbocycles. The second-order valence-corrected chi connectivity index (χ2v) is 5.19. The summed E-state index contributed by atoms with van der Waals surface area (Å²) in [6.07, 6.45) is 1.58. The van der Waals surface area contributed by atoms with E-state index < -0.39 is 0 Å². The molecular formula is C18H19N3O3. The quantitative estimate of drug-likeness (QED) is 0.756. The molecule has 1 amide bonds. The Hall–Kier alpha value is -3.02. The summed E-state index contributed by atoms with van der Waals surface area (Å²) in [5.41, 5.74) is 2.11. The van der Waals surface area contributed by atoms with Crippen molar-refractivity contribution in [2.45, 2.75) is 20.0 Å². The van der Waals surface area contributed by atoms with Gasteiger partial charge in [-0.2, -0.15) is 5.10 Å². The maximum Gasteiger partial charge on any atom is 0.272 e. The van der Waals surface area contributed by atoms with Crippen molar-refractivity contribution in [3.05, 3.63) is 60.2 Å². The molecule has 2 aromatic heterocycles. The molecule has 0 saturated carbocycles. The number of amides is 1. The Kier molecular flexibility index (Phi) is 4.65. The predicted octanol–water partition coefficient (Wildman–Crippen LogP) is 3.10. The van der Waals surface area contributed by atoms with E-state index in [0.717, 1.165) is 17.0 Å². The van der Waals surface area contributed by atoms with Crippen molar-refractivity contribution < 1.29 is 13.9 Å². The molecule has 0 fully saturated rings. The Morgan fingerprint density at radius 2 is 2.12 bits per heavy atom. The van der Waals surface area contributed by atoms with E-state index in [0.29, 0.717) is 24.5 Å². The minimum atomic E-state index is -0.241. The summed E-state index contributed by atoms with van der Waals surface area (Å²) >= 11 is 0. The molecule has 0 spiro atoms. The van der Waals surface area contributed by atoms with Crippen molar-refractivity contribution >= 4 is 5.91 Å². The van der Waals surface area contributed by atoms with E-state index in [1.165, 1.54) is 0 Å². The van der Waals surface area contributed by atoms with Gasteiger partial charge in [0.25, 0.3) is 5.91 Å². The molecule has 0 aliphatic carbocycles. The van der Waals surface area contributed by atoms with E-state index in [9.17, 15) is 4.79 Å². The Balaban J connectivity index is 1.86. The van der Waals surface area contributed by atoms with Gasteiger partial charge < -0.3 is 14.5 Å². The minimum Gasteiger partial charge on any atom is -0.496 e. The van der Waals surface area contributed by atoms with Crippen LogP contribution >= 0.6 is 0 Å². The normalized spacial score (nSPS) is 10.6. The number of hydrogen-bond donors (Lipinski definition) is 1. The molecule has 0 unspecified atom stereocenters. The molecule has 24 heavy (non-hydrogen) atoms. The molecule has 0 aliphatic heterocycles. The first-order valence-corrected chi connectivity index (χ1v) is 7.74.